The van der Waals surface area contributed by atoms with Crippen LogP contribution >= 0.6 is 0 Å². The number of rotatable bonds is 7. The molecule has 2 fully saturated rings. The number of piperidine rings is 1. The Balaban J connectivity index is 1.53. The van der Waals surface area contributed by atoms with E-state index in [4.69, 9.17) is 4.74 Å². The summed E-state index contributed by atoms with van der Waals surface area (Å²) in [5.74, 6) is 0.183. The zero-order valence-corrected chi connectivity index (χ0v) is 20.6. The summed E-state index contributed by atoms with van der Waals surface area (Å²) in [6.07, 6.45) is 2.62. The summed E-state index contributed by atoms with van der Waals surface area (Å²) in [4.78, 5) is 27.8. The minimum atomic E-state index is -3.92. The summed E-state index contributed by atoms with van der Waals surface area (Å²) in [5.41, 5.74) is 2.13. The van der Waals surface area contributed by atoms with Crippen LogP contribution in [0.5, 0.6) is 5.75 Å². The summed E-state index contributed by atoms with van der Waals surface area (Å²) in [6.45, 7) is 6.11. The lowest BCUT2D eigenvalue weighted by Gasteiger charge is -2.33. The fourth-order valence-electron chi connectivity index (χ4n) is 4.62. The van der Waals surface area contributed by atoms with Crippen LogP contribution in [-0.4, -0.2) is 40.4 Å². The summed E-state index contributed by atoms with van der Waals surface area (Å²) in [5, 5.41) is 0. The van der Waals surface area contributed by atoms with Crippen molar-refractivity contribution in [1.82, 2.24) is 4.72 Å². The molecule has 0 bridgehead atoms. The third kappa shape index (κ3) is 4.95. The number of anilines is 2. The molecule has 0 aliphatic carbocycles. The summed E-state index contributed by atoms with van der Waals surface area (Å²) < 4.78 is 34.3. The molecule has 2 amide bonds. The van der Waals surface area contributed by atoms with Gasteiger partial charge in [0.1, 0.15) is 5.75 Å². The van der Waals surface area contributed by atoms with Gasteiger partial charge < -0.3 is 9.64 Å². The minimum Gasteiger partial charge on any atom is -0.495 e. The molecule has 2 aliphatic rings. The maximum atomic E-state index is 13.1. The van der Waals surface area contributed by atoms with Crippen LogP contribution in [0.15, 0.2) is 47.4 Å². The van der Waals surface area contributed by atoms with Gasteiger partial charge in [-0.1, -0.05) is 19.1 Å². The highest BCUT2D eigenvalue weighted by atomic mass is 32.2. The van der Waals surface area contributed by atoms with Gasteiger partial charge in [-0.3, -0.25) is 9.59 Å². The molecule has 0 spiro atoms. The van der Waals surface area contributed by atoms with E-state index in [2.05, 4.69) is 16.5 Å². The van der Waals surface area contributed by atoms with Crippen LogP contribution in [0.1, 0.15) is 51.1 Å². The van der Waals surface area contributed by atoms with E-state index in [1.807, 2.05) is 24.3 Å². The number of carbonyl (C=O) groups excluding carboxylic acids is 2. The van der Waals surface area contributed by atoms with Gasteiger partial charge in [-0.25, -0.2) is 18.0 Å². The molecule has 34 heavy (non-hydrogen) atoms. The first kappa shape index (κ1) is 24.2. The third-order valence-corrected chi connectivity index (χ3v) is 8.04. The number of nitrogens with zero attached hydrogens (tertiary/aromatic N) is 2. The molecule has 2 aromatic carbocycles. The maximum Gasteiger partial charge on any atom is 0.241 e. The first-order valence-electron chi connectivity index (χ1n) is 11.6. The Labute approximate surface area is 200 Å². The van der Waals surface area contributed by atoms with E-state index >= 15 is 0 Å². The van der Waals surface area contributed by atoms with Crippen LogP contribution in [0.25, 0.3) is 0 Å². The molecule has 2 saturated heterocycles. The summed E-state index contributed by atoms with van der Waals surface area (Å²) >= 11 is 0. The second-order valence-electron chi connectivity index (χ2n) is 9.08. The normalized spacial score (nSPS) is 20.0. The number of benzene rings is 2. The molecule has 2 atom stereocenters. The monoisotopic (exact) mass is 485 g/mol. The van der Waals surface area contributed by atoms with Gasteiger partial charge in [0, 0.05) is 37.7 Å². The molecule has 0 unspecified atom stereocenters. The van der Waals surface area contributed by atoms with E-state index in [-0.39, 0.29) is 41.0 Å². The first-order chi connectivity index (χ1) is 16.2. The van der Waals surface area contributed by atoms with Crippen LogP contribution in [0.3, 0.4) is 0 Å². The quantitative estimate of drug-likeness (QED) is 0.602. The maximum absolute atomic E-state index is 13.1. The standard InChI is InChI=1S/C25H31N3O5S/c1-17-5-4-14-27(16-17)20-8-6-19(7-9-20)18(2)26-34(31,32)21-10-11-23(33-3)22(15-21)28-24(29)12-13-25(28)30/h6-11,15,17-18,26H,4-5,12-14,16H2,1-3H3/t17-,18-/m1/s1. The van der Waals surface area contributed by atoms with E-state index in [9.17, 15) is 18.0 Å². The smallest absolute Gasteiger partial charge is 0.241 e. The van der Waals surface area contributed by atoms with E-state index < -0.39 is 16.1 Å². The first-order valence-corrected chi connectivity index (χ1v) is 13.1. The van der Waals surface area contributed by atoms with E-state index in [1.165, 1.54) is 38.2 Å². The Kier molecular flexibility index (Phi) is 6.95. The second kappa shape index (κ2) is 9.76. The molecule has 2 heterocycles. The summed E-state index contributed by atoms with van der Waals surface area (Å²) in [6, 6.07) is 11.7. The molecule has 2 aliphatic heterocycles. The molecule has 0 aromatic heterocycles. The number of amides is 2. The zero-order chi connectivity index (χ0) is 24.5. The molecule has 1 N–H and O–H groups in total. The lowest BCUT2D eigenvalue weighted by atomic mass is 9.99. The number of carbonyl (C=O) groups is 2. The highest BCUT2D eigenvalue weighted by molar-refractivity contribution is 7.89. The van der Waals surface area contributed by atoms with Crippen LogP contribution in [0.2, 0.25) is 0 Å². The van der Waals surface area contributed by atoms with Gasteiger partial charge in [0.2, 0.25) is 21.8 Å². The zero-order valence-electron chi connectivity index (χ0n) is 19.8. The average Bonchev–Trinajstić information content (AvgIpc) is 3.16. The Morgan fingerprint density at radius 3 is 2.35 bits per heavy atom. The highest BCUT2D eigenvalue weighted by Gasteiger charge is 2.33. The van der Waals surface area contributed by atoms with E-state index in [0.29, 0.717) is 5.92 Å². The number of ether oxygens (including phenoxy) is 1. The molecular weight excluding hydrogens is 454 g/mol. The lowest BCUT2D eigenvalue weighted by molar-refractivity contribution is -0.121. The van der Waals surface area contributed by atoms with Crippen molar-refractivity contribution in [1.29, 1.82) is 0 Å². The highest BCUT2D eigenvalue weighted by Crippen LogP contribution is 2.34. The fraction of sp³-hybridized carbons (Fsp3) is 0.440. The Bertz CT molecular complexity index is 1160. The van der Waals surface area contributed by atoms with Crippen molar-refractivity contribution in [2.24, 2.45) is 5.92 Å². The van der Waals surface area contributed by atoms with Gasteiger partial charge in [0.25, 0.3) is 0 Å². The number of nitrogens with one attached hydrogen (secondary N) is 1. The molecule has 2 aromatic rings. The molecule has 8 nitrogen and oxygen atoms in total. The van der Waals surface area contributed by atoms with Crippen molar-refractivity contribution in [2.45, 2.75) is 50.5 Å². The Morgan fingerprint density at radius 2 is 1.74 bits per heavy atom. The van der Waals surface area contributed by atoms with Crippen molar-refractivity contribution in [3.63, 3.8) is 0 Å². The topological polar surface area (TPSA) is 96.0 Å². The van der Waals surface area contributed by atoms with Gasteiger partial charge >= 0.3 is 0 Å². The lowest BCUT2D eigenvalue weighted by Crippen LogP contribution is -2.34. The van der Waals surface area contributed by atoms with Gasteiger partial charge in [-0.15, -0.1) is 0 Å². The SMILES string of the molecule is COc1ccc(S(=O)(=O)N[C@H](C)c2ccc(N3CCC[C@@H](C)C3)cc2)cc1N1C(=O)CCC1=O. The van der Waals surface area contributed by atoms with Crippen LogP contribution in [-0.2, 0) is 19.6 Å². The van der Waals surface area contributed by atoms with Crippen LogP contribution in [0.4, 0.5) is 11.4 Å². The van der Waals surface area contributed by atoms with Crippen molar-refractivity contribution in [3.05, 3.63) is 48.0 Å². The molecule has 0 saturated carbocycles. The molecular formula is C25H31N3O5S. The molecule has 0 radical (unpaired) electrons. The van der Waals surface area contributed by atoms with Gasteiger partial charge in [-0.05, 0) is 61.6 Å². The summed E-state index contributed by atoms with van der Waals surface area (Å²) in [7, 11) is -2.51. The Hall–Kier alpha value is -2.91. The van der Waals surface area contributed by atoms with Gasteiger partial charge in [0.15, 0.2) is 0 Å². The third-order valence-electron chi connectivity index (χ3n) is 6.50. The van der Waals surface area contributed by atoms with E-state index in [0.717, 1.165) is 29.2 Å². The Morgan fingerprint density at radius 1 is 1.06 bits per heavy atom. The number of sulfonamides is 1. The molecule has 9 heteroatoms. The van der Waals surface area contributed by atoms with Crippen LogP contribution < -0.4 is 19.3 Å². The second-order valence-corrected chi connectivity index (χ2v) is 10.8. The van der Waals surface area contributed by atoms with Gasteiger partial charge in [-0.2, -0.15) is 0 Å². The van der Waals surface area contributed by atoms with Crippen molar-refractivity contribution in [3.8, 4) is 5.75 Å². The van der Waals surface area contributed by atoms with Gasteiger partial charge in [0.05, 0.1) is 17.7 Å². The number of hydrogen-bond acceptors (Lipinski definition) is 6. The van der Waals surface area contributed by atoms with Crippen LogP contribution in [0, 0.1) is 5.92 Å². The number of hydrogen-bond donors (Lipinski definition) is 1. The fourth-order valence-corrected chi connectivity index (χ4v) is 5.88. The van der Waals surface area contributed by atoms with Crippen molar-refractivity contribution < 1.29 is 22.7 Å². The molecule has 4 rings (SSSR count). The largest absolute Gasteiger partial charge is 0.495 e. The molecule has 182 valence electrons. The predicted molar refractivity (Wildman–Crippen MR) is 131 cm³/mol. The predicted octanol–water partition coefficient (Wildman–Crippen LogP) is 3.62. The van der Waals surface area contributed by atoms with Crippen molar-refractivity contribution >= 4 is 33.2 Å². The van der Waals surface area contributed by atoms with Crippen molar-refractivity contribution in [2.75, 3.05) is 30.0 Å². The average molecular weight is 486 g/mol. The number of methoxy groups -OCH3 is 1. The number of imide groups is 1. The minimum absolute atomic E-state index is 0.0402. The van der Waals surface area contributed by atoms with E-state index in [1.54, 1.807) is 6.92 Å².